The van der Waals surface area contributed by atoms with Crippen LogP contribution >= 0.6 is 15.9 Å². The quantitative estimate of drug-likeness (QED) is 0.931. The third kappa shape index (κ3) is 2.38. The van der Waals surface area contributed by atoms with Crippen LogP contribution in [0.3, 0.4) is 0 Å². The molecule has 6 heteroatoms. The molecule has 0 amide bonds. The molecular weight excluding hydrogens is 320 g/mol. The fraction of sp³-hybridized carbons (Fsp3) is 0.500. The molecule has 2 N–H and O–H groups in total. The monoisotopic (exact) mass is 336 g/mol. The normalized spacial score (nSPS) is 18.1. The van der Waals surface area contributed by atoms with Gasteiger partial charge in [-0.25, -0.2) is 0 Å². The van der Waals surface area contributed by atoms with Crippen LogP contribution in [0.1, 0.15) is 38.0 Å². The van der Waals surface area contributed by atoms with E-state index in [1.807, 2.05) is 12.1 Å². The van der Waals surface area contributed by atoms with Crippen LogP contribution in [-0.2, 0) is 5.41 Å². The number of pyridine rings is 1. The second-order valence-electron chi connectivity index (χ2n) is 5.30. The molecule has 0 atom stereocenters. The van der Waals surface area contributed by atoms with Crippen molar-refractivity contribution in [3.63, 3.8) is 0 Å². The fourth-order valence-corrected chi connectivity index (χ4v) is 3.25. The summed E-state index contributed by atoms with van der Waals surface area (Å²) in [4.78, 5) is 8.85. The molecule has 0 spiro atoms. The van der Waals surface area contributed by atoms with Crippen molar-refractivity contribution in [3.8, 4) is 11.5 Å². The summed E-state index contributed by atoms with van der Waals surface area (Å²) >= 11 is 3.46. The molecule has 0 radical (unpaired) electrons. The number of nitrogens with zero attached hydrogens (tertiary/aromatic N) is 3. The minimum absolute atomic E-state index is 0.148. The largest absolute Gasteiger partial charge is 0.338 e. The predicted octanol–water partition coefficient (Wildman–Crippen LogP) is 3.05. The van der Waals surface area contributed by atoms with Gasteiger partial charge in [-0.3, -0.25) is 4.98 Å². The van der Waals surface area contributed by atoms with Crippen LogP contribution in [0.5, 0.6) is 0 Å². The van der Waals surface area contributed by atoms with Crippen molar-refractivity contribution < 1.29 is 4.52 Å². The molecule has 2 heterocycles. The minimum atomic E-state index is -0.148. The van der Waals surface area contributed by atoms with Gasteiger partial charge in [0, 0.05) is 17.2 Å². The van der Waals surface area contributed by atoms with Gasteiger partial charge in [0.25, 0.3) is 0 Å². The molecule has 0 unspecified atom stereocenters. The molecule has 1 aliphatic carbocycles. The average molecular weight is 337 g/mol. The van der Waals surface area contributed by atoms with Crippen LogP contribution in [0.15, 0.2) is 27.3 Å². The number of hydrogen-bond donors (Lipinski definition) is 1. The van der Waals surface area contributed by atoms with Crippen LogP contribution in [0, 0.1) is 0 Å². The molecule has 3 rings (SSSR count). The summed E-state index contributed by atoms with van der Waals surface area (Å²) in [5.41, 5.74) is 6.55. The third-order valence-electron chi connectivity index (χ3n) is 4.05. The molecule has 0 bridgehead atoms. The smallest absolute Gasteiger partial charge is 0.234 e. The standard InChI is InChI=1S/C14H17BrN4O/c15-10-5-4-8-17-11(10)12-18-13(20-19-12)14(9-16)6-2-1-3-7-14/h4-5,8H,1-3,6-7,9,16H2. The highest BCUT2D eigenvalue weighted by atomic mass is 79.9. The first-order valence-corrected chi connectivity index (χ1v) is 7.70. The summed E-state index contributed by atoms with van der Waals surface area (Å²) in [5.74, 6) is 1.18. The van der Waals surface area contributed by atoms with E-state index < -0.39 is 0 Å². The van der Waals surface area contributed by atoms with Gasteiger partial charge in [-0.1, -0.05) is 24.4 Å². The summed E-state index contributed by atoms with van der Waals surface area (Å²) in [6.07, 6.45) is 7.36. The van der Waals surface area contributed by atoms with Gasteiger partial charge in [0.15, 0.2) is 0 Å². The Balaban J connectivity index is 1.95. The maximum Gasteiger partial charge on any atom is 0.234 e. The zero-order valence-electron chi connectivity index (χ0n) is 11.2. The summed E-state index contributed by atoms with van der Waals surface area (Å²) in [5, 5.41) is 4.08. The Bertz CT molecular complexity index is 592. The van der Waals surface area contributed by atoms with E-state index in [9.17, 15) is 0 Å². The zero-order valence-corrected chi connectivity index (χ0v) is 12.8. The van der Waals surface area contributed by atoms with E-state index in [1.165, 1.54) is 19.3 Å². The van der Waals surface area contributed by atoms with Crippen LogP contribution in [-0.4, -0.2) is 21.7 Å². The maximum absolute atomic E-state index is 6.00. The molecule has 106 valence electrons. The molecule has 1 saturated carbocycles. The van der Waals surface area contributed by atoms with Crippen molar-refractivity contribution in [1.82, 2.24) is 15.1 Å². The summed E-state index contributed by atoms with van der Waals surface area (Å²) in [6, 6.07) is 3.77. The van der Waals surface area contributed by atoms with Gasteiger partial charge in [0.05, 0.1) is 5.41 Å². The van der Waals surface area contributed by atoms with Crippen LogP contribution in [0.2, 0.25) is 0 Å². The van der Waals surface area contributed by atoms with Crippen molar-refractivity contribution in [2.24, 2.45) is 5.73 Å². The van der Waals surface area contributed by atoms with Gasteiger partial charge in [0.2, 0.25) is 11.7 Å². The molecule has 0 aromatic carbocycles. The van der Waals surface area contributed by atoms with Gasteiger partial charge in [-0.15, -0.1) is 0 Å². The number of hydrogen-bond acceptors (Lipinski definition) is 5. The van der Waals surface area contributed by atoms with E-state index in [-0.39, 0.29) is 5.41 Å². The number of aromatic nitrogens is 3. The Labute approximate surface area is 126 Å². The van der Waals surface area contributed by atoms with Gasteiger partial charge < -0.3 is 10.3 Å². The van der Waals surface area contributed by atoms with Crippen LogP contribution in [0.25, 0.3) is 11.5 Å². The summed E-state index contributed by atoms with van der Waals surface area (Å²) in [6.45, 7) is 0.554. The molecule has 0 saturated heterocycles. The molecule has 2 aromatic rings. The Kier molecular flexibility index (Phi) is 3.85. The van der Waals surface area contributed by atoms with Crippen LogP contribution in [0.4, 0.5) is 0 Å². The number of nitrogens with two attached hydrogens (primary N) is 1. The zero-order chi connectivity index (χ0) is 14.0. The van der Waals surface area contributed by atoms with Crippen molar-refractivity contribution >= 4 is 15.9 Å². The molecular formula is C14H17BrN4O. The van der Waals surface area contributed by atoms with Gasteiger partial charge in [-0.05, 0) is 40.9 Å². The molecule has 2 aromatic heterocycles. The SMILES string of the molecule is NCC1(c2nc(-c3ncccc3Br)no2)CCCCC1. The fourth-order valence-electron chi connectivity index (χ4n) is 2.82. The highest BCUT2D eigenvalue weighted by molar-refractivity contribution is 9.10. The van der Waals surface area contributed by atoms with E-state index in [0.29, 0.717) is 24.0 Å². The van der Waals surface area contributed by atoms with Gasteiger partial charge in [-0.2, -0.15) is 4.98 Å². The Morgan fingerprint density at radius 2 is 2.10 bits per heavy atom. The topological polar surface area (TPSA) is 77.8 Å². The van der Waals surface area contributed by atoms with Gasteiger partial charge >= 0.3 is 0 Å². The molecule has 0 aliphatic heterocycles. The first-order valence-electron chi connectivity index (χ1n) is 6.90. The predicted molar refractivity (Wildman–Crippen MR) is 79.0 cm³/mol. The van der Waals surface area contributed by atoms with Gasteiger partial charge in [0.1, 0.15) is 5.69 Å². The average Bonchev–Trinajstić information content (AvgIpc) is 2.98. The lowest BCUT2D eigenvalue weighted by atomic mass is 9.74. The minimum Gasteiger partial charge on any atom is -0.338 e. The van der Waals surface area contributed by atoms with E-state index in [0.717, 1.165) is 17.3 Å². The summed E-state index contributed by atoms with van der Waals surface area (Å²) < 4.78 is 6.36. The van der Waals surface area contributed by atoms with Crippen LogP contribution < -0.4 is 5.73 Å². The third-order valence-corrected chi connectivity index (χ3v) is 4.69. The molecule has 1 aliphatic rings. The highest BCUT2D eigenvalue weighted by Crippen LogP contribution is 2.38. The molecule has 20 heavy (non-hydrogen) atoms. The Hall–Kier alpha value is -1.27. The molecule has 1 fully saturated rings. The lowest BCUT2D eigenvalue weighted by Crippen LogP contribution is -2.37. The first-order chi connectivity index (χ1) is 9.75. The van der Waals surface area contributed by atoms with Crippen molar-refractivity contribution in [1.29, 1.82) is 0 Å². The number of halogens is 1. The second kappa shape index (κ2) is 5.61. The Morgan fingerprint density at radius 1 is 1.30 bits per heavy atom. The highest BCUT2D eigenvalue weighted by Gasteiger charge is 2.38. The second-order valence-corrected chi connectivity index (χ2v) is 6.16. The molecule has 5 nitrogen and oxygen atoms in total. The lowest BCUT2D eigenvalue weighted by Gasteiger charge is -2.32. The van der Waals surface area contributed by atoms with E-state index in [4.69, 9.17) is 10.3 Å². The van der Waals surface area contributed by atoms with E-state index in [2.05, 4.69) is 31.1 Å². The maximum atomic E-state index is 6.00. The first kappa shape index (κ1) is 13.7. The lowest BCUT2D eigenvalue weighted by molar-refractivity contribution is 0.220. The van der Waals surface area contributed by atoms with Crippen molar-refractivity contribution in [2.45, 2.75) is 37.5 Å². The van der Waals surface area contributed by atoms with Crippen molar-refractivity contribution in [2.75, 3.05) is 6.54 Å². The Morgan fingerprint density at radius 3 is 2.80 bits per heavy atom. The summed E-state index contributed by atoms with van der Waals surface area (Å²) in [7, 11) is 0. The number of rotatable bonds is 3. The van der Waals surface area contributed by atoms with E-state index in [1.54, 1.807) is 6.20 Å². The van der Waals surface area contributed by atoms with Crippen molar-refractivity contribution in [3.05, 3.63) is 28.7 Å². The van der Waals surface area contributed by atoms with E-state index >= 15 is 0 Å².